The quantitative estimate of drug-likeness (QED) is 0.585. The van der Waals surface area contributed by atoms with E-state index < -0.39 is 0 Å². The number of para-hydroxylation sites is 1. The average molecular weight is 410 g/mol. The Bertz CT molecular complexity index is 830. The molecule has 0 saturated carbocycles. The minimum Gasteiger partial charge on any atom is -0.497 e. The fourth-order valence-electron chi connectivity index (χ4n) is 3.58. The van der Waals surface area contributed by atoms with Gasteiger partial charge in [0.05, 0.1) is 13.7 Å². The number of carbonyl (C=O) groups is 1. The van der Waals surface area contributed by atoms with Crippen LogP contribution in [0.15, 0.2) is 59.6 Å². The van der Waals surface area contributed by atoms with Crippen molar-refractivity contribution in [1.29, 1.82) is 0 Å². The molecule has 0 bridgehead atoms. The van der Waals surface area contributed by atoms with Crippen LogP contribution in [0.5, 0.6) is 5.75 Å². The van der Waals surface area contributed by atoms with Gasteiger partial charge >= 0.3 is 0 Å². The lowest BCUT2D eigenvalue weighted by molar-refractivity contribution is -0.130. The second-order valence-electron chi connectivity index (χ2n) is 7.31. The van der Waals surface area contributed by atoms with Gasteiger partial charge in [0.1, 0.15) is 5.75 Å². The minimum atomic E-state index is 0.0988. The highest BCUT2D eigenvalue weighted by atomic mass is 16.5. The van der Waals surface area contributed by atoms with Crippen LogP contribution in [0.2, 0.25) is 0 Å². The Balaban J connectivity index is 1.45. The summed E-state index contributed by atoms with van der Waals surface area (Å²) in [7, 11) is 5.35. The molecule has 0 aromatic heterocycles. The fourth-order valence-corrected chi connectivity index (χ4v) is 3.58. The Labute approximate surface area is 178 Å². The first-order chi connectivity index (χ1) is 14.6. The number of hydrogen-bond acceptors (Lipinski definition) is 4. The van der Waals surface area contributed by atoms with Gasteiger partial charge in [-0.2, -0.15) is 0 Å². The van der Waals surface area contributed by atoms with E-state index in [4.69, 9.17) is 4.74 Å². The van der Waals surface area contributed by atoms with Gasteiger partial charge in [0.15, 0.2) is 5.96 Å². The number of anilines is 1. The van der Waals surface area contributed by atoms with E-state index in [0.29, 0.717) is 12.5 Å². The van der Waals surface area contributed by atoms with Gasteiger partial charge < -0.3 is 24.8 Å². The first-order valence-corrected chi connectivity index (χ1v) is 10.2. The number of rotatable bonds is 6. The molecule has 1 heterocycles. The molecule has 1 aliphatic rings. The Morgan fingerprint density at radius 3 is 2.33 bits per heavy atom. The summed E-state index contributed by atoms with van der Waals surface area (Å²) in [5, 5.41) is 3.20. The van der Waals surface area contributed by atoms with E-state index in [9.17, 15) is 4.79 Å². The van der Waals surface area contributed by atoms with Crippen LogP contribution in [0.25, 0.3) is 0 Å². The lowest BCUT2D eigenvalue weighted by Crippen LogP contribution is -2.52. The van der Waals surface area contributed by atoms with Crippen LogP contribution >= 0.6 is 0 Å². The smallest absolute Gasteiger partial charge is 0.242 e. The van der Waals surface area contributed by atoms with Gasteiger partial charge in [-0.1, -0.05) is 30.3 Å². The van der Waals surface area contributed by atoms with Gasteiger partial charge in [0.2, 0.25) is 5.91 Å². The summed E-state index contributed by atoms with van der Waals surface area (Å²) in [6.07, 6.45) is 0. The molecule has 0 radical (unpaired) electrons. The van der Waals surface area contributed by atoms with Gasteiger partial charge in [0, 0.05) is 52.5 Å². The predicted octanol–water partition coefficient (Wildman–Crippen LogP) is 2.05. The summed E-state index contributed by atoms with van der Waals surface area (Å²) in [5.41, 5.74) is 2.35. The largest absolute Gasteiger partial charge is 0.497 e. The molecule has 2 aromatic rings. The molecule has 7 heteroatoms. The van der Waals surface area contributed by atoms with Crippen molar-refractivity contribution in [3.05, 3.63) is 60.2 Å². The van der Waals surface area contributed by atoms with Gasteiger partial charge in [-0.25, -0.2) is 0 Å². The van der Waals surface area contributed by atoms with Crippen LogP contribution in [0.4, 0.5) is 5.69 Å². The summed E-state index contributed by atoms with van der Waals surface area (Å²) in [4.78, 5) is 23.2. The lowest BCUT2D eigenvalue weighted by Gasteiger charge is -2.36. The first kappa shape index (κ1) is 21.5. The number of guanidine groups is 1. The summed E-state index contributed by atoms with van der Waals surface area (Å²) in [5.74, 6) is 1.63. The SMILES string of the molecule is CN=C(NCC(=O)N1CCN(c2ccccc2)CC1)N(C)Cc1ccc(OC)cc1. The normalized spacial score (nSPS) is 14.4. The molecule has 2 aromatic carbocycles. The number of piperazine rings is 1. The number of nitrogens with one attached hydrogen (secondary N) is 1. The fraction of sp³-hybridized carbons (Fsp3) is 0.391. The second kappa shape index (κ2) is 10.5. The molecule has 7 nitrogen and oxygen atoms in total. The molecule has 1 fully saturated rings. The third-order valence-electron chi connectivity index (χ3n) is 5.30. The van der Waals surface area contributed by atoms with Crippen LogP contribution in [0, 0.1) is 0 Å². The zero-order valence-electron chi connectivity index (χ0n) is 18.0. The zero-order chi connectivity index (χ0) is 21.3. The van der Waals surface area contributed by atoms with Crippen molar-refractivity contribution in [3.8, 4) is 5.75 Å². The Morgan fingerprint density at radius 2 is 1.73 bits per heavy atom. The number of methoxy groups -OCH3 is 1. The molecule has 1 aliphatic heterocycles. The van der Waals surface area contributed by atoms with Crippen molar-refractivity contribution < 1.29 is 9.53 Å². The van der Waals surface area contributed by atoms with E-state index in [2.05, 4.69) is 27.3 Å². The maximum Gasteiger partial charge on any atom is 0.242 e. The number of benzene rings is 2. The Morgan fingerprint density at radius 1 is 1.07 bits per heavy atom. The monoisotopic (exact) mass is 409 g/mol. The lowest BCUT2D eigenvalue weighted by atomic mass is 10.2. The highest BCUT2D eigenvalue weighted by Gasteiger charge is 2.21. The molecule has 1 amide bonds. The molecule has 30 heavy (non-hydrogen) atoms. The predicted molar refractivity (Wildman–Crippen MR) is 121 cm³/mol. The molecule has 1 N–H and O–H groups in total. The minimum absolute atomic E-state index is 0.0988. The summed E-state index contributed by atoms with van der Waals surface area (Å²) < 4.78 is 5.20. The third kappa shape index (κ3) is 5.65. The van der Waals surface area contributed by atoms with Gasteiger partial charge in [-0.05, 0) is 29.8 Å². The van der Waals surface area contributed by atoms with Crippen LogP contribution in [0.1, 0.15) is 5.56 Å². The maximum atomic E-state index is 12.7. The van der Waals surface area contributed by atoms with Crippen LogP contribution in [-0.2, 0) is 11.3 Å². The number of aliphatic imine (C=N–C) groups is 1. The van der Waals surface area contributed by atoms with Crippen LogP contribution < -0.4 is 15.0 Å². The molecule has 0 atom stereocenters. The van der Waals surface area contributed by atoms with E-state index in [1.54, 1.807) is 14.2 Å². The number of ether oxygens (including phenoxy) is 1. The van der Waals surface area contributed by atoms with Crippen molar-refractivity contribution in [3.63, 3.8) is 0 Å². The van der Waals surface area contributed by atoms with Crippen LogP contribution in [0.3, 0.4) is 0 Å². The number of carbonyl (C=O) groups excluding carboxylic acids is 1. The highest BCUT2D eigenvalue weighted by Crippen LogP contribution is 2.15. The zero-order valence-corrected chi connectivity index (χ0v) is 18.0. The summed E-state index contributed by atoms with van der Waals surface area (Å²) in [6, 6.07) is 18.3. The van der Waals surface area contributed by atoms with Crippen molar-refractivity contribution in [2.45, 2.75) is 6.54 Å². The van der Waals surface area contributed by atoms with Crippen molar-refractivity contribution in [1.82, 2.24) is 15.1 Å². The van der Waals surface area contributed by atoms with E-state index in [-0.39, 0.29) is 12.5 Å². The average Bonchev–Trinajstić information content (AvgIpc) is 2.80. The number of hydrogen-bond donors (Lipinski definition) is 1. The molecule has 1 saturated heterocycles. The van der Waals surface area contributed by atoms with Gasteiger partial charge in [-0.3, -0.25) is 9.79 Å². The first-order valence-electron chi connectivity index (χ1n) is 10.2. The molecule has 160 valence electrons. The number of nitrogens with zero attached hydrogens (tertiary/aromatic N) is 4. The highest BCUT2D eigenvalue weighted by molar-refractivity contribution is 5.86. The van der Waals surface area contributed by atoms with E-state index in [0.717, 1.165) is 37.5 Å². The topological polar surface area (TPSA) is 60.4 Å². The van der Waals surface area contributed by atoms with Gasteiger partial charge in [-0.15, -0.1) is 0 Å². The molecule has 3 rings (SSSR count). The van der Waals surface area contributed by atoms with E-state index in [1.165, 1.54) is 5.69 Å². The molecule has 0 aliphatic carbocycles. The summed E-state index contributed by atoms with van der Waals surface area (Å²) in [6.45, 7) is 4.09. The van der Waals surface area contributed by atoms with Crippen molar-refractivity contribution in [2.24, 2.45) is 4.99 Å². The third-order valence-corrected chi connectivity index (χ3v) is 5.30. The van der Waals surface area contributed by atoms with Gasteiger partial charge in [0.25, 0.3) is 0 Å². The molecule has 0 unspecified atom stereocenters. The van der Waals surface area contributed by atoms with Crippen molar-refractivity contribution >= 4 is 17.6 Å². The molecule has 0 spiro atoms. The molecular formula is C23H31N5O2. The second-order valence-corrected chi connectivity index (χ2v) is 7.31. The maximum absolute atomic E-state index is 12.7. The Kier molecular flexibility index (Phi) is 7.54. The standard InChI is InChI=1S/C23H31N5O2/c1-24-23(26(2)18-19-9-11-21(30-3)12-10-19)25-17-22(29)28-15-13-27(14-16-28)20-7-5-4-6-8-20/h4-12H,13-18H2,1-3H3,(H,24,25). The number of amides is 1. The van der Waals surface area contributed by atoms with E-state index in [1.807, 2.05) is 59.3 Å². The van der Waals surface area contributed by atoms with Crippen LogP contribution in [-0.4, -0.2) is 75.6 Å². The molecular weight excluding hydrogens is 378 g/mol. The van der Waals surface area contributed by atoms with Crippen molar-refractivity contribution in [2.75, 3.05) is 58.8 Å². The van der Waals surface area contributed by atoms with E-state index >= 15 is 0 Å². The summed E-state index contributed by atoms with van der Waals surface area (Å²) >= 11 is 0. The Hall–Kier alpha value is -3.22.